The summed E-state index contributed by atoms with van der Waals surface area (Å²) in [5.41, 5.74) is 5.65. The lowest BCUT2D eigenvalue weighted by Gasteiger charge is -2.31. The predicted octanol–water partition coefficient (Wildman–Crippen LogP) is 4.59. The number of carbonyl (C=O) groups excluding carboxylic acids is 2. The third kappa shape index (κ3) is 4.91. The molecule has 0 radical (unpaired) electrons. The van der Waals surface area contributed by atoms with E-state index >= 15 is 0 Å². The largest absolute Gasteiger partial charge is 0.507 e. The Morgan fingerprint density at radius 2 is 1.66 bits per heavy atom. The van der Waals surface area contributed by atoms with Gasteiger partial charge in [0, 0.05) is 6.54 Å². The van der Waals surface area contributed by atoms with Crippen molar-refractivity contribution in [3.05, 3.63) is 101 Å². The molecule has 5 nitrogen and oxygen atoms in total. The molecule has 0 fully saturated rings. The monoisotopic (exact) mass is 442 g/mol. The van der Waals surface area contributed by atoms with Crippen molar-refractivity contribution in [2.24, 2.45) is 5.73 Å². The summed E-state index contributed by atoms with van der Waals surface area (Å²) in [5.74, 6) is -1.87. The van der Waals surface area contributed by atoms with E-state index in [-0.39, 0.29) is 23.4 Å². The van der Waals surface area contributed by atoms with Gasteiger partial charge in [0.15, 0.2) is 0 Å². The third-order valence-corrected chi connectivity index (χ3v) is 5.03. The van der Waals surface area contributed by atoms with Crippen molar-refractivity contribution < 1.29 is 27.9 Å². The van der Waals surface area contributed by atoms with Gasteiger partial charge in [0.1, 0.15) is 11.8 Å². The average molecular weight is 442 g/mol. The number of amides is 2. The number of primary amides is 1. The summed E-state index contributed by atoms with van der Waals surface area (Å²) < 4.78 is 39.6. The molecule has 0 heterocycles. The first-order chi connectivity index (χ1) is 15.1. The fourth-order valence-electron chi connectivity index (χ4n) is 3.44. The number of hydrogen-bond acceptors (Lipinski definition) is 3. The maximum atomic E-state index is 13.5. The molecule has 1 atom stereocenters. The first-order valence-corrected chi connectivity index (χ1v) is 9.69. The molecule has 8 heteroatoms. The number of nitrogens with zero attached hydrogens (tertiary/aromatic N) is 1. The second-order valence-electron chi connectivity index (χ2n) is 7.32. The molecular formula is C24H21F3N2O3. The van der Waals surface area contributed by atoms with Gasteiger partial charge in [0.2, 0.25) is 5.91 Å². The van der Waals surface area contributed by atoms with Crippen LogP contribution in [-0.2, 0) is 17.5 Å². The number of hydrogen-bond donors (Lipinski definition) is 2. The topological polar surface area (TPSA) is 83.6 Å². The highest BCUT2D eigenvalue weighted by Crippen LogP contribution is 2.32. The molecule has 0 aliphatic heterocycles. The maximum Gasteiger partial charge on any atom is 0.416 e. The van der Waals surface area contributed by atoms with E-state index in [1.54, 1.807) is 49.4 Å². The van der Waals surface area contributed by atoms with E-state index in [2.05, 4.69) is 0 Å². The number of phenols is 1. The molecule has 3 aromatic carbocycles. The number of carbonyl (C=O) groups is 2. The number of alkyl halides is 3. The number of para-hydroxylation sites is 1. The van der Waals surface area contributed by atoms with Gasteiger partial charge in [0.05, 0.1) is 11.1 Å². The van der Waals surface area contributed by atoms with Crippen LogP contribution >= 0.6 is 0 Å². The van der Waals surface area contributed by atoms with Crippen molar-refractivity contribution in [1.29, 1.82) is 0 Å². The van der Waals surface area contributed by atoms with E-state index < -0.39 is 29.6 Å². The number of phenolic OH excluding ortho intramolecular Hbond substituents is 1. The minimum atomic E-state index is -4.57. The Labute approximate surface area is 182 Å². The lowest BCUT2D eigenvalue weighted by atomic mass is 10.0. The van der Waals surface area contributed by atoms with E-state index in [9.17, 15) is 27.9 Å². The van der Waals surface area contributed by atoms with Gasteiger partial charge in [-0.1, -0.05) is 54.6 Å². The van der Waals surface area contributed by atoms with Gasteiger partial charge in [-0.25, -0.2) is 0 Å². The van der Waals surface area contributed by atoms with Gasteiger partial charge in [-0.05, 0) is 41.8 Å². The molecule has 0 bridgehead atoms. The summed E-state index contributed by atoms with van der Waals surface area (Å²) in [4.78, 5) is 27.0. The van der Waals surface area contributed by atoms with Crippen molar-refractivity contribution in [2.75, 3.05) is 0 Å². The summed E-state index contributed by atoms with van der Waals surface area (Å²) in [6, 6.07) is 16.0. The van der Waals surface area contributed by atoms with E-state index in [1.165, 1.54) is 18.2 Å². The van der Waals surface area contributed by atoms with Crippen LogP contribution in [0.25, 0.3) is 0 Å². The van der Waals surface area contributed by atoms with Crippen LogP contribution in [-0.4, -0.2) is 21.8 Å². The second-order valence-corrected chi connectivity index (χ2v) is 7.32. The number of nitrogens with two attached hydrogens (primary N) is 1. The van der Waals surface area contributed by atoms with Gasteiger partial charge < -0.3 is 15.7 Å². The Morgan fingerprint density at radius 1 is 1.00 bits per heavy atom. The summed E-state index contributed by atoms with van der Waals surface area (Å²) in [6.07, 6.45) is -4.57. The minimum absolute atomic E-state index is 0.0841. The molecule has 32 heavy (non-hydrogen) atoms. The SMILES string of the molecule is Cc1cccc(C(=O)N(Cc2cccc(C(F)(F)F)c2)[C@@H](C(N)=O)c2ccccc2)c1O. The molecule has 3 N–H and O–H groups in total. The molecule has 0 spiro atoms. The smallest absolute Gasteiger partial charge is 0.416 e. The number of halogens is 3. The van der Waals surface area contributed by atoms with Crippen LogP contribution in [0, 0.1) is 6.92 Å². The van der Waals surface area contributed by atoms with Crippen molar-refractivity contribution in [3.63, 3.8) is 0 Å². The number of benzene rings is 3. The van der Waals surface area contributed by atoms with Crippen LogP contribution in [0.1, 0.15) is 38.7 Å². The van der Waals surface area contributed by atoms with E-state index in [0.29, 0.717) is 11.1 Å². The Hall–Kier alpha value is -3.81. The number of rotatable bonds is 6. The summed E-state index contributed by atoms with van der Waals surface area (Å²) in [7, 11) is 0. The molecule has 0 aromatic heterocycles. The Balaban J connectivity index is 2.12. The van der Waals surface area contributed by atoms with Crippen LogP contribution < -0.4 is 5.73 Å². The van der Waals surface area contributed by atoms with E-state index in [4.69, 9.17) is 5.73 Å². The highest BCUT2D eigenvalue weighted by atomic mass is 19.4. The average Bonchev–Trinajstić information content (AvgIpc) is 2.75. The van der Waals surface area contributed by atoms with Crippen molar-refractivity contribution >= 4 is 11.8 Å². The summed E-state index contributed by atoms with van der Waals surface area (Å²) in [5, 5.41) is 10.4. The Morgan fingerprint density at radius 3 is 2.28 bits per heavy atom. The molecule has 3 rings (SSSR count). The summed E-state index contributed by atoms with van der Waals surface area (Å²) >= 11 is 0. The zero-order chi connectivity index (χ0) is 23.5. The minimum Gasteiger partial charge on any atom is -0.507 e. The zero-order valence-electron chi connectivity index (χ0n) is 17.1. The molecule has 0 saturated carbocycles. The first-order valence-electron chi connectivity index (χ1n) is 9.69. The molecule has 0 aliphatic rings. The van der Waals surface area contributed by atoms with Crippen molar-refractivity contribution in [2.45, 2.75) is 25.7 Å². The highest BCUT2D eigenvalue weighted by molar-refractivity contribution is 6.00. The van der Waals surface area contributed by atoms with Crippen molar-refractivity contribution in [3.8, 4) is 5.75 Å². The molecule has 0 aliphatic carbocycles. The lowest BCUT2D eigenvalue weighted by Crippen LogP contribution is -2.41. The molecule has 3 aromatic rings. The Bertz CT molecular complexity index is 1130. The quantitative estimate of drug-likeness (QED) is 0.586. The van der Waals surface area contributed by atoms with Gasteiger partial charge in [0.25, 0.3) is 5.91 Å². The second kappa shape index (κ2) is 9.13. The molecule has 166 valence electrons. The van der Waals surface area contributed by atoms with Crippen LogP contribution in [0.5, 0.6) is 5.75 Å². The third-order valence-electron chi connectivity index (χ3n) is 5.03. The first kappa shape index (κ1) is 22.9. The fraction of sp³-hybridized carbons (Fsp3) is 0.167. The fourth-order valence-corrected chi connectivity index (χ4v) is 3.44. The molecule has 2 amide bonds. The van der Waals surface area contributed by atoms with Crippen LogP contribution in [0.3, 0.4) is 0 Å². The number of aromatic hydroxyl groups is 1. The predicted molar refractivity (Wildman–Crippen MR) is 113 cm³/mol. The van der Waals surface area contributed by atoms with Gasteiger partial charge in [-0.15, -0.1) is 0 Å². The van der Waals surface area contributed by atoms with Gasteiger partial charge >= 0.3 is 6.18 Å². The standard InChI is InChI=1S/C24H21F3N2O3/c1-15-7-5-12-19(21(15)30)23(32)29(20(22(28)31)17-9-3-2-4-10-17)14-16-8-6-11-18(13-16)24(25,26)27/h2-13,20,30H,14H2,1H3,(H2,28,31)/t20-/m1/s1. The van der Waals surface area contributed by atoms with Gasteiger partial charge in [-0.3, -0.25) is 9.59 Å². The van der Waals surface area contributed by atoms with E-state index in [1.807, 2.05) is 0 Å². The van der Waals surface area contributed by atoms with Crippen LogP contribution in [0.2, 0.25) is 0 Å². The normalized spacial score (nSPS) is 12.2. The van der Waals surface area contributed by atoms with E-state index in [0.717, 1.165) is 17.0 Å². The lowest BCUT2D eigenvalue weighted by molar-refractivity contribution is -0.137. The molecule has 0 saturated heterocycles. The highest BCUT2D eigenvalue weighted by Gasteiger charge is 2.34. The van der Waals surface area contributed by atoms with Crippen LogP contribution in [0.4, 0.5) is 13.2 Å². The van der Waals surface area contributed by atoms with Crippen LogP contribution in [0.15, 0.2) is 72.8 Å². The Kier molecular flexibility index (Phi) is 6.53. The zero-order valence-corrected chi connectivity index (χ0v) is 17.1. The maximum absolute atomic E-state index is 13.5. The summed E-state index contributed by atoms with van der Waals surface area (Å²) in [6.45, 7) is 1.27. The number of aryl methyl sites for hydroxylation is 1. The van der Waals surface area contributed by atoms with Crippen molar-refractivity contribution in [1.82, 2.24) is 4.90 Å². The molecular weight excluding hydrogens is 421 g/mol. The van der Waals surface area contributed by atoms with Gasteiger partial charge in [-0.2, -0.15) is 13.2 Å². The molecule has 0 unspecified atom stereocenters.